The molecule has 0 aliphatic carbocycles. The van der Waals surface area contributed by atoms with Gasteiger partial charge in [-0.05, 0) is 13.0 Å². The van der Waals surface area contributed by atoms with Gasteiger partial charge >= 0.3 is 0 Å². The Kier molecular flexibility index (Phi) is 3.11. The van der Waals surface area contributed by atoms with E-state index in [0.717, 1.165) is 5.69 Å². The summed E-state index contributed by atoms with van der Waals surface area (Å²) in [5.41, 5.74) is 0.789. The maximum atomic E-state index is 9.04. The second kappa shape index (κ2) is 4.71. The molecule has 2 aromatic rings. The van der Waals surface area contributed by atoms with Gasteiger partial charge in [-0.2, -0.15) is 0 Å². The average molecular weight is 220 g/mol. The van der Waals surface area contributed by atoms with Crippen LogP contribution in [0.2, 0.25) is 0 Å². The summed E-state index contributed by atoms with van der Waals surface area (Å²) in [4.78, 5) is 4.12. The summed E-state index contributed by atoms with van der Waals surface area (Å²) in [6, 6.07) is 3.60. The van der Waals surface area contributed by atoms with Crippen molar-refractivity contribution in [3.63, 3.8) is 0 Å². The van der Waals surface area contributed by atoms with Gasteiger partial charge in [-0.25, -0.2) is 4.98 Å². The first kappa shape index (κ1) is 10.6. The first-order valence-electron chi connectivity index (χ1n) is 4.94. The van der Waals surface area contributed by atoms with Crippen LogP contribution >= 0.6 is 0 Å². The van der Waals surface area contributed by atoms with Gasteiger partial charge in [0.1, 0.15) is 12.9 Å². The van der Waals surface area contributed by atoms with Crippen molar-refractivity contribution in [2.24, 2.45) is 0 Å². The Balaban J connectivity index is 2.27. The minimum absolute atomic E-state index is 0.160. The molecule has 6 heteroatoms. The molecule has 2 rings (SSSR count). The second-order valence-electron chi connectivity index (χ2n) is 3.06. The summed E-state index contributed by atoms with van der Waals surface area (Å²) in [7, 11) is 0. The van der Waals surface area contributed by atoms with E-state index in [2.05, 4.69) is 15.2 Å². The molecule has 0 aliphatic heterocycles. The molecule has 0 atom stereocenters. The number of aromatic nitrogens is 4. The number of nitrogens with zero attached hydrogens (tertiary/aromatic N) is 4. The summed E-state index contributed by atoms with van der Waals surface area (Å²) in [6.45, 7) is 2.33. The van der Waals surface area contributed by atoms with Gasteiger partial charge < -0.3 is 9.84 Å². The SMILES string of the molecule is CCOc1ccc(-n2cnnc2CO)cn1. The lowest BCUT2D eigenvalue weighted by molar-refractivity contribution is 0.269. The van der Waals surface area contributed by atoms with Crippen LogP contribution < -0.4 is 4.74 Å². The van der Waals surface area contributed by atoms with Gasteiger partial charge in [-0.15, -0.1) is 10.2 Å². The smallest absolute Gasteiger partial charge is 0.213 e. The Hall–Kier alpha value is -1.95. The van der Waals surface area contributed by atoms with E-state index >= 15 is 0 Å². The highest BCUT2D eigenvalue weighted by Crippen LogP contribution is 2.12. The van der Waals surface area contributed by atoms with Gasteiger partial charge in [-0.1, -0.05) is 0 Å². The molecular formula is C10H12N4O2. The van der Waals surface area contributed by atoms with Crippen LogP contribution in [0, 0.1) is 0 Å². The maximum absolute atomic E-state index is 9.04. The molecule has 0 saturated carbocycles. The number of pyridine rings is 1. The van der Waals surface area contributed by atoms with Crippen LogP contribution in [0.25, 0.3) is 5.69 Å². The van der Waals surface area contributed by atoms with Crippen molar-refractivity contribution in [3.05, 3.63) is 30.5 Å². The average Bonchev–Trinajstić information content (AvgIpc) is 2.78. The third-order valence-corrected chi connectivity index (χ3v) is 2.05. The Bertz CT molecular complexity index is 452. The fourth-order valence-corrected chi connectivity index (χ4v) is 1.33. The fourth-order valence-electron chi connectivity index (χ4n) is 1.33. The van der Waals surface area contributed by atoms with Gasteiger partial charge in [0.25, 0.3) is 0 Å². The number of aliphatic hydroxyl groups excluding tert-OH is 1. The number of hydrogen-bond donors (Lipinski definition) is 1. The summed E-state index contributed by atoms with van der Waals surface area (Å²) in [5, 5.41) is 16.5. The zero-order valence-corrected chi connectivity index (χ0v) is 8.87. The van der Waals surface area contributed by atoms with Crippen molar-refractivity contribution < 1.29 is 9.84 Å². The van der Waals surface area contributed by atoms with E-state index in [0.29, 0.717) is 18.3 Å². The normalized spacial score (nSPS) is 10.4. The second-order valence-corrected chi connectivity index (χ2v) is 3.06. The highest BCUT2D eigenvalue weighted by Gasteiger charge is 2.05. The predicted octanol–water partition coefficient (Wildman–Crippen LogP) is 0.553. The zero-order valence-electron chi connectivity index (χ0n) is 8.87. The van der Waals surface area contributed by atoms with Gasteiger partial charge in [0, 0.05) is 6.07 Å². The number of aliphatic hydroxyl groups is 1. The number of ether oxygens (including phenoxy) is 1. The summed E-state index contributed by atoms with van der Waals surface area (Å²) in [6.07, 6.45) is 3.18. The first-order valence-corrected chi connectivity index (χ1v) is 4.94. The molecule has 0 spiro atoms. The molecule has 6 nitrogen and oxygen atoms in total. The molecule has 0 fully saturated rings. The van der Waals surface area contributed by atoms with E-state index in [4.69, 9.17) is 9.84 Å². The molecule has 16 heavy (non-hydrogen) atoms. The van der Waals surface area contributed by atoms with Gasteiger partial charge in [0.05, 0.1) is 18.5 Å². The molecule has 2 heterocycles. The zero-order chi connectivity index (χ0) is 11.4. The molecule has 0 amide bonds. The molecular weight excluding hydrogens is 208 g/mol. The summed E-state index contributed by atoms with van der Waals surface area (Å²) >= 11 is 0. The topological polar surface area (TPSA) is 73.1 Å². The van der Waals surface area contributed by atoms with E-state index < -0.39 is 0 Å². The highest BCUT2D eigenvalue weighted by atomic mass is 16.5. The van der Waals surface area contributed by atoms with Crippen LogP contribution in [0.5, 0.6) is 5.88 Å². The van der Waals surface area contributed by atoms with Crippen molar-refractivity contribution >= 4 is 0 Å². The first-order chi connectivity index (χ1) is 7.85. The summed E-state index contributed by atoms with van der Waals surface area (Å²) in [5.74, 6) is 1.05. The Labute approximate surface area is 92.5 Å². The molecule has 2 aromatic heterocycles. The third kappa shape index (κ3) is 2.01. The summed E-state index contributed by atoms with van der Waals surface area (Å²) < 4.78 is 6.90. The van der Waals surface area contributed by atoms with Gasteiger partial charge in [0.2, 0.25) is 5.88 Å². The van der Waals surface area contributed by atoms with Crippen molar-refractivity contribution in [3.8, 4) is 11.6 Å². The lowest BCUT2D eigenvalue weighted by atomic mass is 10.4. The molecule has 1 N–H and O–H groups in total. The van der Waals surface area contributed by atoms with Crippen molar-refractivity contribution in [1.82, 2.24) is 19.7 Å². The minimum atomic E-state index is -0.160. The van der Waals surface area contributed by atoms with Crippen molar-refractivity contribution in [2.75, 3.05) is 6.61 Å². The van der Waals surface area contributed by atoms with E-state index in [1.165, 1.54) is 6.33 Å². The molecule has 0 aromatic carbocycles. The van der Waals surface area contributed by atoms with E-state index in [-0.39, 0.29) is 6.61 Å². The molecule has 0 aliphatic rings. The Morgan fingerprint density at radius 1 is 1.44 bits per heavy atom. The minimum Gasteiger partial charge on any atom is -0.478 e. The van der Waals surface area contributed by atoms with E-state index in [1.54, 1.807) is 16.8 Å². The Morgan fingerprint density at radius 3 is 2.94 bits per heavy atom. The number of rotatable bonds is 4. The fraction of sp³-hybridized carbons (Fsp3) is 0.300. The molecule has 0 unspecified atom stereocenters. The predicted molar refractivity (Wildman–Crippen MR) is 56.2 cm³/mol. The third-order valence-electron chi connectivity index (χ3n) is 2.05. The largest absolute Gasteiger partial charge is 0.478 e. The van der Waals surface area contributed by atoms with Crippen molar-refractivity contribution in [2.45, 2.75) is 13.5 Å². The van der Waals surface area contributed by atoms with Crippen LogP contribution in [-0.4, -0.2) is 31.5 Å². The lowest BCUT2D eigenvalue weighted by Crippen LogP contribution is -2.01. The maximum Gasteiger partial charge on any atom is 0.213 e. The van der Waals surface area contributed by atoms with Crippen LogP contribution in [0.1, 0.15) is 12.7 Å². The van der Waals surface area contributed by atoms with Gasteiger partial charge in [0.15, 0.2) is 5.82 Å². The van der Waals surface area contributed by atoms with Crippen LogP contribution in [0.15, 0.2) is 24.7 Å². The monoisotopic (exact) mass is 220 g/mol. The Morgan fingerprint density at radius 2 is 2.31 bits per heavy atom. The van der Waals surface area contributed by atoms with Crippen molar-refractivity contribution in [1.29, 1.82) is 0 Å². The van der Waals surface area contributed by atoms with E-state index in [1.807, 2.05) is 13.0 Å². The highest BCUT2D eigenvalue weighted by molar-refractivity contribution is 5.32. The van der Waals surface area contributed by atoms with Gasteiger partial charge in [-0.3, -0.25) is 4.57 Å². The van der Waals surface area contributed by atoms with Crippen LogP contribution in [0.4, 0.5) is 0 Å². The molecule has 0 radical (unpaired) electrons. The molecule has 0 saturated heterocycles. The number of hydrogen-bond acceptors (Lipinski definition) is 5. The molecule has 84 valence electrons. The van der Waals surface area contributed by atoms with Crippen LogP contribution in [-0.2, 0) is 6.61 Å². The van der Waals surface area contributed by atoms with Crippen LogP contribution in [0.3, 0.4) is 0 Å². The lowest BCUT2D eigenvalue weighted by Gasteiger charge is -2.05. The van der Waals surface area contributed by atoms with E-state index in [9.17, 15) is 0 Å². The molecule has 0 bridgehead atoms. The quantitative estimate of drug-likeness (QED) is 0.814. The standard InChI is InChI=1S/C10H12N4O2/c1-2-16-10-4-3-8(5-11-10)14-7-12-13-9(14)6-15/h3-5,7,15H,2,6H2,1H3.